The van der Waals surface area contributed by atoms with Crippen LogP contribution in [0.5, 0.6) is 0 Å². The van der Waals surface area contributed by atoms with Gasteiger partial charge in [0.2, 0.25) is 0 Å². The number of hydrogen-bond donors (Lipinski definition) is 4. The molecule has 0 spiro atoms. The normalized spacial score (nSPS) is 19.8. The minimum Gasteiger partial charge on any atom is -0.394 e. The Labute approximate surface area is 218 Å². The van der Waals surface area contributed by atoms with Crippen LogP contribution in [0.25, 0.3) is 11.2 Å². The number of nitro benzene ring substituents is 1. The number of imidazole rings is 1. The highest BCUT2D eigenvalue weighted by Crippen LogP contribution is 2.38. The average Bonchev–Trinajstić information content (AvgIpc) is 3.43. The molecule has 3 aromatic rings. The first-order chi connectivity index (χ1) is 18.1. The summed E-state index contributed by atoms with van der Waals surface area (Å²) in [4.78, 5) is 22.6. The predicted molar refractivity (Wildman–Crippen MR) is 133 cm³/mol. The minimum absolute atomic E-state index is 0.157. The first-order valence-electron chi connectivity index (χ1n) is 11.7. The van der Waals surface area contributed by atoms with Gasteiger partial charge in [-0.25, -0.2) is 15.0 Å². The van der Waals surface area contributed by atoms with Crippen molar-refractivity contribution in [2.75, 3.05) is 30.0 Å². The Morgan fingerprint density at radius 1 is 1.29 bits per heavy atom. The van der Waals surface area contributed by atoms with Gasteiger partial charge >= 0.3 is 6.18 Å². The highest BCUT2D eigenvalue weighted by molar-refractivity contribution is 7.99. The highest BCUT2D eigenvalue weighted by Gasteiger charge is 2.39. The molecular weight excluding hydrogens is 531 g/mol. The summed E-state index contributed by atoms with van der Waals surface area (Å²) in [7, 11) is 0. The van der Waals surface area contributed by atoms with Gasteiger partial charge < -0.3 is 26.0 Å². The summed E-state index contributed by atoms with van der Waals surface area (Å²) in [5, 5.41) is 33.9. The first kappa shape index (κ1) is 27.8. The van der Waals surface area contributed by atoms with Crippen LogP contribution in [-0.4, -0.2) is 65.8 Å². The second-order valence-corrected chi connectivity index (χ2v) is 9.70. The number of nitrogens with zero attached hydrogens (tertiary/aromatic N) is 5. The summed E-state index contributed by atoms with van der Waals surface area (Å²) >= 11 is 1.44. The van der Waals surface area contributed by atoms with Crippen LogP contribution in [0, 0.1) is 10.1 Å². The molecule has 12 nitrogen and oxygen atoms in total. The van der Waals surface area contributed by atoms with Crippen molar-refractivity contribution in [3.63, 3.8) is 0 Å². The number of benzene rings is 1. The summed E-state index contributed by atoms with van der Waals surface area (Å²) in [6, 6.07) is 2.85. The second kappa shape index (κ2) is 11.7. The van der Waals surface area contributed by atoms with Gasteiger partial charge in [-0.1, -0.05) is 18.2 Å². The molecule has 0 saturated carbocycles. The fraction of sp³-hybridized carbons (Fsp3) is 0.500. The molecule has 1 fully saturated rings. The summed E-state index contributed by atoms with van der Waals surface area (Å²) < 4.78 is 47.0. The van der Waals surface area contributed by atoms with E-state index in [1.54, 1.807) is 4.57 Å². The van der Waals surface area contributed by atoms with Gasteiger partial charge in [0.25, 0.3) is 5.69 Å². The third kappa shape index (κ3) is 6.09. The van der Waals surface area contributed by atoms with Crippen LogP contribution in [0.15, 0.2) is 29.7 Å². The van der Waals surface area contributed by atoms with E-state index >= 15 is 0 Å². The number of fused-ring (bicyclic) bond motifs is 1. The van der Waals surface area contributed by atoms with E-state index in [4.69, 9.17) is 10.5 Å². The molecule has 2 aromatic heterocycles. The third-order valence-corrected chi connectivity index (χ3v) is 7.06. The van der Waals surface area contributed by atoms with E-state index < -0.39 is 40.8 Å². The molecule has 3 heterocycles. The van der Waals surface area contributed by atoms with E-state index in [0.717, 1.165) is 25.0 Å². The quantitative estimate of drug-likeness (QED) is 0.118. The minimum atomic E-state index is -4.83. The molecule has 1 aromatic carbocycles. The standard InChI is InChI=1S/C22H26F3N7O5S/c23-22(24,25)13-8-12(4-5-14(13)32(35)36)27-6-2-1-3-7-38-21-30-18-19(26)28-11-29-20(18)31(21)17-9-15(34)16(10-33)37-17/h4-5,8,11,15-17,27,33-34H,1-3,6-7,9-10H2,(H2,26,28,29)/t15-,16+,17+/m0/s1. The van der Waals surface area contributed by atoms with E-state index in [1.807, 2.05) is 0 Å². The number of anilines is 2. The van der Waals surface area contributed by atoms with Crippen LogP contribution in [0.1, 0.15) is 37.5 Å². The number of unbranched alkanes of at least 4 members (excludes halogenated alkanes) is 2. The summed E-state index contributed by atoms with van der Waals surface area (Å²) in [6.45, 7) is 0.0656. The lowest BCUT2D eigenvalue weighted by Crippen LogP contribution is -2.24. The highest BCUT2D eigenvalue weighted by atomic mass is 32.2. The Hall–Kier alpha value is -3.21. The molecule has 0 bridgehead atoms. The molecule has 0 aliphatic carbocycles. The Balaban J connectivity index is 1.32. The lowest BCUT2D eigenvalue weighted by atomic mass is 10.1. The number of alkyl halides is 3. The van der Waals surface area contributed by atoms with Gasteiger partial charge in [0.15, 0.2) is 22.1 Å². The fourth-order valence-corrected chi connectivity index (χ4v) is 5.17. The molecule has 1 aliphatic rings. The molecule has 206 valence electrons. The van der Waals surface area contributed by atoms with Crippen molar-refractivity contribution in [3.8, 4) is 0 Å². The zero-order valence-corrected chi connectivity index (χ0v) is 20.8. The number of halogens is 3. The average molecular weight is 558 g/mol. The van der Waals surface area contributed by atoms with E-state index in [1.165, 1.54) is 24.2 Å². The summed E-state index contributed by atoms with van der Waals surface area (Å²) in [5.74, 6) is 0.865. The van der Waals surface area contributed by atoms with Gasteiger partial charge in [0.1, 0.15) is 24.2 Å². The predicted octanol–water partition coefficient (Wildman–Crippen LogP) is 3.35. The van der Waals surface area contributed by atoms with Crippen molar-refractivity contribution >= 4 is 40.1 Å². The number of aromatic nitrogens is 4. The number of hydrogen-bond acceptors (Lipinski definition) is 11. The van der Waals surface area contributed by atoms with Crippen molar-refractivity contribution in [1.29, 1.82) is 0 Å². The number of nitro groups is 1. The first-order valence-corrected chi connectivity index (χ1v) is 12.7. The van der Waals surface area contributed by atoms with Crippen LogP contribution < -0.4 is 11.1 Å². The second-order valence-electron chi connectivity index (χ2n) is 8.63. The number of ether oxygens (including phenoxy) is 1. The molecule has 16 heteroatoms. The maximum Gasteiger partial charge on any atom is 0.423 e. The molecule has 3 atom stereocenters. The number of nitrogens with two attached hydrogens (primary N) is 1. The molecule has 0 radical (unpaired) electrons. The lowest BCUT2D eigenvalue weighted by Gasteiger charge is -2.16. The zero-order chi connectivity index (χ0) is 27.4. The molecular formula is C22H26F3N7O5S. The lowest BCUT2D eigenvalue weighted by molar-refractivity contribution is -0.388. The SMILES string of the molecule is Nc1ncnc2c1nc(SCCCCCNc1ccc([N+](=O)[O-])c(C(F)(F)F)c1)n2[C@H]1C[C@H](O)[C@@H](CO)O1. The van der Waals surface area contributed by atoms with Gasteiger partial charge in [0, 0.05) is 30.5 Å². The summed E-state index contributed by atoms with van der Waals surface area (Å²) in [5.41, 5.74) is 4.71. The van der Waals surface area contributed by atoms with Crippen molar-refractivity contribution in [2.24, 2.45) is 0 Å². The number of thioether (sulfide) groups is 1. The van der Waals surface area contributed by atoms with Crippen LogP contribution in [-0.2, 0) is 10.9 Å². The molecule has 0 unspecified atom stereocenters. The molecule has 0 amide bonds. The largest absolute Gasteiger partial charge is 0.423 e. The number of aliphatic hydroxyl groups excluding tert-OH is 2. The van der Waals surface area contributed by atoms with Gasteiger partial charge in [-0.05, 0) is 25.0 Å². The van der Waals surface area contributed by atoms with Crippen molar-refractivity contribution in [3.05, 3.63) is 40.2 Å². The Bertz CT molecular complexity index is 1290. The number of nitrogen functional groups attached to an aromatic ring is 1. The Morgan fingerprint density at radius 3 is 2.76 bits per heavy atom. The van der Waals surface area contributed by atoms with Crippen LogP contribution in [0.2, 0.25) is 0 Å². The Morgan fingerprint density at radius 2 is 2.08 bits per heavy atom. The maximum absolute atomic E-state index is 13.1. The van der Waals surface area contributed by atoms with Crippen molar-refractivity contribution in [1.82, 2.24) is 19.5 Å². The van der Waals surface area contributed by atoms with Crippen molar-refractivity contribution in [2.45, 2.75) is 55.5 Å². The Kier molecular flexibility index (Phi) is 8.54. The van der Waals surface area contributed by atoms with Gasteiger partial charge in [-0.3, -0.25) is 14.7 Å². The molecule has 4 rings (SSSR count). The van der Waals surface area contributed by atoms with E-state index in [-0.39, 0.29) is 24.5 Å². The maximum atomic E-state index is 13.1. The smallest absolute Gasteiger partial charge is 0.394 e. The van der Waals surface area contributed by atoms with E-state index in [9.17, 15) is 33.5 Å². The molecule has 1 saturated heterocycles. The number of nitrogens with one attached hydrogen (secondary N) is 1. The number of rotatable bonds is 11. The third-order valence-electron chi connectivity index (χ3n) is 6.03. The monoisotopic (exact) mass is 557 g/mol. The zero-order valence-electron chi connectivity index (χ0n) is 20.0. The van der Waals surface area contributed by atoms with Gasteiger partial charge in [-0.15, -0.1) is 0 Å². The van der Waals surface area contributed by atoms with Crippen LogP contribution >= 0.6 is 11.8 Å². The van der Waals surface area contributed by atoms with Crippen LogP contribution in [0.4, 0.5) is 30.4 Å². The topological polar surface area (TPSA) is 174 Å². The fourth-order valence-electron chi connectivity index (χ4n) is 4.14. The number of aliphatic hydroxyl groups is 2. The molecule has 1 aliphatic heterocycles. The van der Waals surface area contributed by atoms with Crippen molar-refractivity contribution < 1.29 is 33.0 Å². The van der Waals surface area contributed by atoms with E-state index in [0.29, 0.717) is 35.0 Å². The molecule has 5 N–H and O–H groups in total. The van der Waals surface area contributed by atoms with Crippen LogP contribution in [0.3, 0.4) is 0 Å². The molecule has 38 heavy (non-hydrogen) atoms. The van der Waals surface area contributed by atoms with Gasteiger partial charge in [0.05, 0.1) is 17.6 Å². The van der Waals surface area contributed by atoms with Gasteiger partial charge in [-0.2, -0.15) is 13.2 Å². The van der Waals surface area contributed by atoms with E-state index in [2.05, 4.69) is 20.3 Å². The summed E-state index contributed by atoms with van der Waals surface area (Å²) in [6.07, 6.45) is -3.23.